The van der Waals surface area contributed by atoms with Gasteiger partial charge in [-0.05, 0) is 69.0 Å². The van der Waals surface area contributed by atoms with Crippen molar-refractivity contribution in [2.75, 3.05) is 10.8 Å². The number of carbonyl (C=O) groups excluding carboxylic acids is 2. The van der Waals surface area contributed by atoms with Gasteiger partial charge in [0, 0.05) is 12.6 Å². The highest BCUT2D eigenvalue weighted by molar-refractivity contribution is 7.92. The minimum Gasteiger partial charge on any atom is -0.352 e. The summed E-state index contributed by atoms with van der Waals surface area (Å²) in [6, 6.07) is 18.3. The summed E-state index contributed by atoms with van der Waals surface area (Å²) in [6.07, 6.45) is 5.00. The van der Waals surface area contributed by atoms with E-state index in [1.54, 1.807) is 19.1 Å². The van der Waals surface area contributed by atoms with Crippen LogP contribution in [0.2, 0.25) is 0 Å². The number of anilines is 1. The summed E-state index contributed by atoms with van der Waals surface area (Å²) in [5.41, 5.74) is 2.39. The Bertz CT molecular complexity index is 1470. The van der Waals surface area contributed by atoms with Crippen LogP contribution in [0.25, 0.3) is 0 Å². The second-order valence-electron chi connectivity index (χ2n) is 10.7. The molecular weight excluding hydrogens is 541 g/mol. The van der Waals surface area contributed by atoms with Crippen LogP contribution in [0.4, 0.5) is 10.1 Å². The second-order valence-corrected chi connectivity index (χ2v) is 12.6. The lowest BCUT2D eigenvalue weighted by Gasteiger charge is -2.33. The summed E-state index contributed by atoms with van der Waals surface area (Å²) in [4.78, 5) is 28.8. The van der Waals surface area contributed by atoms with E-state index in [0.717, 1.165) is 59.2 Å². The number of rotatable bonds is 10. The lowest BCUT2D eigenvalue weighted by molar-refractivity contribution is -0.139. The van der Waals surface area contributed by atoms with E-state index in [9.17, 15) is 18.0 Å². The number of hydrogen-bond acceptors (Lipinski definition) is 4. The fraction of sp³-hybridized carbons (Fsp3) is 0.375. The molecule has 1 fully saturated rings. The summed E-state index contributed by atoms with van der Waals surface area (Å²) in [5, 5.41) is 3.09. The minimum atomic E-state index is -4.33. The molecule has 1 atom stereocenters. The maximum atomic E-state index is 15.1. The lowest BCUT2D eigenvalue weighted by atomic mass is 9.95. The van der Waals surface area contributed by atoms with Crippen molar-refractivity contribution in [1.29, 1.82) is 0 Å². The Kier molecular flexibility index (Phi) is 9.81. The molecule has 0 heterocycles. The van der Waals surface area contributed by atoms with E-state index in [0.29, 0.717) is 0 Å². The molecule has 0 aromatic heterocycles. The lowest BCUT2D eigenvalue weighted by Crippen LogP contribution is -2.53. The molecule has 0 saturated heterocycles. The molecule has 41 heavy (non-hydrogen) atoms. The van der Waals surface area contributed by atoms with E-state index in [1.165, 1.54) is 35.2 Å². The van der Waals surface area contributed by atoms with Crippen LogP contribution < -0.4 is 9.62 Å². The summed E-state index contributed by atoms with van der Waals surface area (Å²) < 4.78 is 43.5. The van der Waals surface area contributed by atoms with Gasteiger partial charge in [-0.3, -0.25) is 13.9 Å². The molecule has 9 heteroatoms. The van der Waals surface area contributed by atoms with E-state index in [1.807, 2.05) is 38.1 Å². The Balaban J connectivity index is 1.69. The number of carbonyl (C=O) groups is 2. The fourth-order valence-corrected chi connectivity index (χ4v) is 6.55. The molecule has 0 aliphatic heterocycles. The third-order valence-electron chi connectivity index (χ3n) is 7.73. The molecule has 7 nitrogen and oxygen atoms in total. The van der Waals surface area contributed by atoms with Crippen LogP contribution in [0.1, 0.15) is 55.7 Å². The van der Waals surface area contributed by atoms with Crippen molar-refractivity contribution >= 4 is 27.5 Å². The molecule has 1 aliphatic rings. The molecule has 218 valence electrons. The van der Waals surface area contributed by atoms with Crippen molar-refractivity contribution in [3.63, 3.8) is 0 Å². The zero-order valence-corrected chi connectivity index (χ0v) is 24.7. The molecule has 3 aromatic carbocycles. The van der Waals surface area contributed by atoms with Crippen molar-refractivity contribution in [3.05, 3.63) is 95.3 Å². The van der Waals surface area contributed by atoms with Crippen LogP contribution in [-0.4, -0.2) is 43.8 Å². The van der Waals surface area contributed by atoms with Crippen LogP contribution in [0.5, 0.6) is 0 Å². The van der Waals surface area contributed by atoms with Crippen LogP contribution in [0.15, 0.2) is 77.7 Å². The first kappa shape index (κ1) is 30.2. The summed E-state index contributed by atoms with van der Waals surface area (Å²) in [7, 11) is -4.33. The Morgan fingerprint density at radius 2 is 1.56 bits per heavy atom. The number of benzene rings is 3. The van der Waals surface area contributed by atoms with Gasteiger partial charge in [0.15, 0.2) is 0 Å². The number of nitrogens with zero attached hydrogens (tertiary/aromatic N) is 2. The van der Waals surface area contributed by atoms with Gasteiger partial charge in [0.2, 0.25) is 11.8 Å². The Morgan fingerprint density at radius 1 is 0.927 bits per heavy atom. The summed E-state index contributed by atoms with van der Waals surface area (Å²) in [6.45, 7) is 4.82. The van der Waals surface area contributed by atoms with Gasteiger partial charge in [-0.25, -0.2) is 12.8 Å². The second kappa shape index (κ2) is 13.3. The molecule has 0 bridgehead atoms. The molecule has 0 radical (unpaired) electrons. The van der Waals surface area contributed by atoms with Gasteiger partial charge in [-0.15, -0.1) is 0 Å². The highest BCUT2D eigenvalue weighted by Gasteiger charge is 2.34. The SMILES string of the molecule is Cc1ccc(S(=O)(=O)N(CC(=O)N(Cc2ccccc2C)[C@H](C)C(=O)NC2CCCCC2)c2ccccc2F)cc1. The van der Waals surface area contributed by atoms with Gasteiger partial charge < -0.3 is 10.2 Å². The highest BCUT2D eigenvalue weighted by Crippen LogP contribution is 2.27. The quantitative estimate of drug-likeness (QED) is 0.344. The third-order valence-corrected chi connectivity index (χ3v) is 9.50. The number of para-hydroxylation sites is 1. The average Bonchev–Trinajstić information content (AvgIpc) is 2.96. The third kappa shape index (κ3) is 7.33. The van der Waals surface area contributed by atoms with Crippen LogP contribution >= 0.6 is 0 Å². The number of halogens is 1. The number of sulfonamides is 1. The number of hydrogen-bond donors (Lipinski definition) is 1. The molecule has 0 unspecified atom stereocenters. The van der Waals surface area contributed by atoms with Crippen molar-refractivity contribution in [2.45, 2.75) is 76.4 Å². The van der Waals surface area contributed by atoms with Crippen LogP contribution in [-0.2, 0) is 26.2 Å². The normalized spacial score (nSPS) is 14.7. The monoisotopic (exact) mass is 579 g/mol. The van der Waals surface area contributed by atoms with E-state index in [2.05, 4.69) is 5.32 Å². The standard InChI is InChI=1S/C32H38FN3O4S/c1-23-17-19-28(20-18-23)41(39,40)36(30-16-10-9-15-29(30)33)22-31(37)35(21-26-12-8-7-11-24(26)2)25(3)32(38)34-27-13-5-4-6-14-27/h7-12,15-20,25,27H,4-6,13-14,21-22H2,1-3H3,(H,34,38)/t25-/m1/s1. The van der Waals surface area contributed by atoms with E-state index >= 15 is 4.39 Å². The molecule has 3 aromatic rings. The zero-order valence-electron chi connectivity index (χ0n) is 23.8. The first-order chi connectivity index (χ1) is 19.6. The zero-order chi connectivity index (χ0) is 29.6. The minimum absolute atomic E-state index is 0.0472. The fourth-order valence-electron chi connectivity index (χ4n) is 5.13. The van der Waals surface area contributed by atoms with E-state index < -0.39 is 34.3 Å². The van der Waals surface area contributed by atoms with Crippen molar-refractivity contribution in [1.82, 2.24) is 10.2 Å². The largest absolute Gasteiger partial charge is 0.352 e. The topological polar surface area (TPSA) is 86.8 Å². The maximum Gasteiger partial charge on any atom is 0.264 e. The average molecular weight is 580 g/mol. The van der Waals surface area contributed by atoms with Crippen LogP contribution in [0, 0.1) is 19.7 Å². The number of nitrogens with one attached hydrogen (secondary N) is 1. The van der Waals surface area contributed by atoms with Gasteiger partial charge in [-0.2, -0.15) is 0 Å². The molecule has 2 amide bonds. The first-order valence-corrected chi connectivity index (χ1v) is 15.5. The smallest absolute Gasteiger partial charge is 0.264 e. The van der Waals surface area contributed by atoms with Gasteiger partial charge in [-0.1, -0.05) is 73.4 Å². The molecular formula is C32H38FN3O4S. The summed E-state index contributed by atoms with van der Waals surface area (Å²) in [5.74, 6) is -1.68. The van der Waals surface area contributed by atoms with Gasteiger partial charge >= 0.3 is 0 Å². The van der Waals surface area contributed by atoms with Gasteiger partial charge in [0.05, 0.1) is 10.6 Å². The molecule has 1 N–H and O–H groups in total. The van der Waals surface area contributed by atoms with E-state index in [4.69, 9.17) is 0 Å². The van der Waals surface area contributed by atoms with Crippen molar-refractivity contribution < 1.29 is 22.4 Å². The molecule has 1 saturated carbocycles. The van der Waals surface area contributed by atoms with E-state index in [-0.39, 0.29) is 29.1 Å². The predicted octanol–water partition coefficient (Wildman–Crippen LogP) is 5.50. The Hall–Kier alpha value is -3.72. The Labute approximate surface area is 242 Å². The first-order valence-electron chi connectivity index (χ1n) is 14.1. The molecule has 0 spiro atoms. The molecule has 1 aliphatic carbocycles. The number of amides is 2. The van der Waals surface area contributed by atoms with Crippen LogP contribution in [0.3, 0.4) is 0 Å². The van der Waals surface area contributed by atoms with Gasteiger partial charge in [0.1, 0.15) is 18.4 Å². The predicted molar refractivity (Wildman–Crippen MR) is 158 cm³/mol. The van der Waals surface area contributed by atoms with Crippen molar-refractivity contribution in [3.8, 4) is 0 Å². The van der Waals surface area contributed by atoms with Crippen molar-refractivity contribution in [2.24, 2.45) is 0 Å². The maximum absolute atomic E-state index is 15.1. The highest BCUT2D eigenvalue weighted by atomic mass is 32.2. The summed E-state index contributed by atoms with van der Waals surface area (Å²) >= 11 is 0. The Morgan fingerprint density at radius 3 is 2.22 bits per heavy atom. The molecule has 4 rings (SSSR count). The number of aryl methyl sites for hydroxylation is 2. The van der Waals surface area contributed by atoms with Gasteiger partial charge in [0.25, 0.3) is 10.0 Å².